The van der Waals surface area contributed by atoms with Crippen molar-refractivity contribution in [3.05, 3.63) is 28.2 Å². The molecule has 0 aliphatic carbocycles. The Balaban J connectivity index is 1.82. The number of carbonyl (C=O) groups excluding carboxylic acids is 2. The van der Waals surface area contributed by atoms with E-state index >= 15 is 0 Å². The van der Waals surface area contributed by atoms with Gasteiger partial charge >= 0.3 is 6.09 Å². The zero-order chi connectivity index (χ0) is 22.3. The van der Waals surface area contributed by atoms with Crippen molar-refractivity contribution in [3.8, 4) is 0 Å². The lowest BCUT2D eigenvalue weighted by molar-refractivity contribution is -0.117. The Kier molecular flexibility index (Phi) is 6.62. The van der Waals surface area contributed by atoms with E-state index in [1.165, 1.54) is 11.8 Å². The number of fused-ring (bicyclic) bond motifs is 1. The normalized spacial score (nSPS) is 24.0. The summed E-state index contributed by atoms with van der Waals surface area (Å²) >= 11 is 13.5. The van der Waals surface area contributed by atoms with Crippen LogP contribution in [0.3, 0.4) is 0 Å². The lowest BCUT2D eigenvalue weighted by Gasteiger charge is -2.25. The molecule has 2 fully saturated rings. The largest absolute Gasteiger partial charge is 0.444 e. The second-order valence-electron chi connectivity index (χ2n) is 7.91. The molecule has 0 unspecified atom stereocenters. The molecule has 30 heavy (non-hydrogen) atoms. The van der Waals surface area contributed by atoms with Crippen LogP contribution in [-0.2, 0) is 19.4 Å². The highest BCUT2D eigenvalue weighted by Crippen LogP contribution is 2.43. The van der Waals surface area contributed by atoms with Crippen LogP contribution in [0.15, 0.2) is 23.2 Å². The fourth-order valence-corrected chi connectivity index (χ4v) is 7.55. The Morgan fingerprint density at radius 1 is 1.30 bits per heavy atom. The van der Waals surface area contributed by atoms with E-state index in [1.54, 1.807) is 43.9 Å². The van der Waals surface area contributed by atoms with Crippen molar-refractivity contribution in [2.24, 2.45) is 4.99 Å². The Morgan fingerprint density at radius 3 is 2.63 bits per heavy atom. The van der Waals surface area contributed by atoms with Crippen LogP contribution in [0.2, 0.25) is 10.0 Å². The minimum Gasteiger partial charge on any atom is -0.444 e. The molecule has 0 saturated carbocycles. The molecule has 2 amide bonds. The number of anilines is 1. The summed E-state index contributed by atoms with van der Waals surface area (Å²) in [5, 5.41) is 3.18. The number of rotatable bonds is 3. The number of sulfone groups is 1. The second-order valence-corrected chi connectivity index (χ2v) is 12.1. The third-order valence-corrected chi connectivity index (χ3v) is 7.99. The van der Waals surface area contributed by atoms with E-state index in [0.717, 1.165) is 0 Å². The van der Waals surface area contributed by atoms with Gasteiger partial charge in [0, 0.05) is 10.3 Å². The van der Waals surface area contributed by atoms with Gasteiger partial charge in [0.1, 0.15) is 12.1 Å². The first kappa shape index (κ1) is 23.2. The fourth-order valence-electron chi connectivity index (χ4n) is 3.13. The molecule has 0 spiro atoms. The van der Waals surface area contributed by atoms with Crippen molar-refractivity contribution >= 4 is 67.7 Å². The molecule has 2 aliphatic rings. The van der Waals surface area contributed by atoms with Crippen LogP contribution in [-0.4, -0.2) is 60.5 Å². The number of amidine groups is 1. The average Bonchev–Trinajstić information content (AvgIpc) is 3.03. The Morgan fingerprint density at radius 2 is 2.00 bits per heavy atom. The maximum Gasteiger partial charge on any atom is 0.408 e. The quantitative estimate of drug-likeness (QED) is 0.689. The van der Waals surface area contributed by atoms with E-state index in [-0.39, 0.29) is 23.3 Å². The summed E-state index contributed by atoms with van der Waals surface area (Å²) in [6.07, 6.45) is -0.726. The smallest absolute Gasteiger partial charge is 0.408 e. The summed E-state index contributed by atoms with van der Waals surface area (Å²) < 4.78 is 29.3. The predicted molar refractivity (Wildman–Crippen MR) is 119 cm³/mol. The zero-order valence-electron chi connectivity index (χ0n) is 16.5. The van der Waals surface area contributed by atoms with Gasteiger partial charge in [-0.05, 0) is 39.0 Å². The van der Waals surface area contributed by atoms with Crippen molar-refractivity contribution in [2.75, 3.05) is 23.0 Å². The van der Waals surface area contributed by atoms with Gasteiger partial charge in [-0.1, -0.05) is 35.0 Å². The molecule has 8 nitrogen and oxygen atoms in total. The molecule has 12 heteroatoms. The van der Waals surface area contributed by atoms with E-state index in [1.807, 2.05) is 0 Å². The Bertz CT molecular complexity index is 1010. The highest BCUT2D eigenvalue weighted by Gasteiger charge is 2.49. The highest BCUT2D eigenvalue weighted by atomic mass is 35.5. The summed E-state index contributed by atoms with van der Waals surface area (Å²) in [7, 11) is -3.20. The molecule has 1 N–H and O–H groups in total. The average molecular weight is 494 g/mol. The van der Waals surface area contributed by atoms with Gasteiger partial charge in [-0.3, -0.25) is 4.79 Å². The van der Waals surface area contributed by atoms with E-state index < -0.39 is 33.5 Å². The van der Waals surface area contributed by atoms with Crippen LogP contribution in [0.4, 0.5) is 10.5 Å². The number of hydrogen-bond acceptors (Lipinski definition) is 6. The van der Waals surface area contributed by atoms with E-state index in [4.69, 9.17) is 27.9 Å². The number of benzene rings is 1. The van der Waals surface area contributed by atoms with Crippen molar-refractivity contribution in [3.63, 3.8) is 0 Å². The van der Waals surface area contributed by atoms with Crippen LogP contribution in [0.5, 0.6) is 0 Å². The first-order chi connectivity index (χ1) is 13.8. The maximum absolute atomic E-state index is 12.4. The molecule has 2 saturated heterocycles. The summed E-state index contributed by atoms with van der Waals surface area (Å²) in [4.78, 5) is 29.9. The number of thioether (sulfide) groups is 1. The molecule has 2 aliphatic heterocycles. The van der Waals surface area contributed by atoms with Gasteiger partial charge in [-0.2, -0.15) is 4.99 Å². The van der Waals surface area contributed by atoms with Gasteiger partial charge in [0.05, 0.1) is 28.3 Å². The number of halogens is 2. The van der Waals surface area contributed by atoms with Gasteiger partial charge in [0.25, 0.3) is 5.91 Å². The van der Waals surface area contributed by atoms with E-state index in [0.29, 0.717) is 20.9 Å². The molecular weight excluding hydrogens is 473 g/mol. The third-order valence-electron chi connectivity index (χ3n) is 4.24. The van der Waals surface area contributed by atoms with Crippen LogP contribution in [0, 0.1) is 0 Å². The first-order valence-electron chi connectivity index (χ1n) is 9.04. The highest BCUT2D eigenvalue weighted by molar-refractivity contribution is 8.16. The van der Waals surface area contributed by atoms with Crippen LogP contribution in [0.25, 0.3) is 0 Å². The van der Waals surface area contributed by atoms with Crippen LogP contribution < -0.4 is 10.2 Å². The molecule has 2 heterocycles. The van der Waals surface area contributed by atoms with E-state index in [2.05, 4.69) is 10.3 Å². The molecule has 0 aromatic heterocycles. The van der Waals surface area contributed by atoms with Crippen molar-refractivity contribution < 1.29 is 22.7 Å². The minimum absolute atomic E-state index is 0.00654. The minimum atomic E-state index is -3.20. The van der Waals surface area contributed by atoms with Crippen LogP contribution >= 0.6 is 35.0 Å². The number of nitrogens with zero attached hydrogens (tertiary/aromatic N) is 2. The second kappa shape index (κ2) is 8.57. The number of nitrogens with one attached hydrogen (secondary N) is 1. The third kappa shape index (κ3) is 5.60. The molecule has 164 valence electrons. The van der Waals surface area contributed by atoms with Gasteiger partial charge in [-0.15, -0.1) is 0 Å². The first-order valence-corrected chi connectivity index (χ1v) is 12.5. The van der Waals surface area contributed by atoms with Gasteiger partial charge < -0.3 is 15.0 Å². The van der Waals surface area contributed by atoms with Gasteiger partial charge in [0.2, 0.25) is 0 Å². The van der Waals surface area contributed by atoms with Gasteiger partial charge in [-0.25, -0.2) is 13.2 Å². The molecule has 3 rings (SSSR count). The number of amides is 2. The summed E-state index contributed by atoms with van der Waals surface area (Å²) in [6, 6.07) is 4.44. The van der Waals surface area contributed by atoms with Crippen molar-refractivity contribution in [1.29, 1.82) is 0 Å². The number of aliphatic imine (C=N–C) groups is 1. The lowest BCUT2D eigenvalue weighted by atomic mass is 10.2. The van der Waals surface area contributed by atoms with E-state index in [9.17, 15) is 18.0 Å². The topological polar surface area (TPSA) is 105 Å². The summed E-state index contributed by atoms with van der Waals surface area (Å²) in [5.41, 5.74) is -0.171. The fraction of sp³-hybridized carbons (Fsp3) is 0.500. The van der Waals surface area contributed by atoms with Crippen molar-refractivity contribution in [2.45, 2.75) is 37.7 Å². The molecular formula is C18H21Cl2N3O5S2. The Labute approximate surface area is 189 Å². The van der Waals surface area contributed by atoms with Crippen LogP contribution in [0.1, 0.15) is 20.8 Å². The SMILES string of the molecule is CC(C)(C)OC(=O)NCC(=O)N=C1S[C@@H]2CS(=O)(=O)C[C@H]2N1c1ccc(Cl)cc1Cl. The molecule has 2 atom stereocenters. The van der Waals surface area contributed by atoms with Gasteiger partial charge in [0.15, 0.2) is 15.0 Å². The standard InChI is InChI=1S/C18H21Cl2N3O5S2/c1-18(2,3)28-17(25)21-7-15(24)22-16-23(12-5-4-10(19)6-11(12)20)13-8-30(26,27)9-14(13)29-16/h4-6,13-14H,7-9H2,1-3H3,(H,21,25)/t13-,14-/m1/s1. The number of carbonyl (C=O) groups is 2. The molecule has 1 aromatic carbocycles. The number of ether oxygens (including phenoxy) is 1. The molecule has 0 bridgehead atoms. The zero-order valence-corrected chi connectivity index (χ0v) is 19.7. The maximum atomic E-state index is 12.4. The number of hydrogen-bond donors (Lipinski definition) is 1. The molecule has 0 radical (unpaired) electrons. The molecule has 1 aromatic rings. The Hall–Kier alpha value is -1.49. The lowest BCUT2D eigenvalue weighted by Crippen LogP contribution is -2.38. The monoisotopic (exact) mass is 493 g/mol. The van der Waals surface area contributed by atoms with Crippen molar-refractivity contribution in [1.82, 2.24) is 5.32 Å². The predicted octanol–water partition coefficient (Wildman–Crippen LogP) is 3.12. The summed E-state index contributed by atoms with van der Waals surface area (Å²) in [6.45, 7) is 4.79. The number of alkyl carbamates (subject to hydrolysis) is 1. The summed E-state index contributed by atoms with van der Waals surface area (Å²) in [5.74, 6) is -0.665.